The number of aliphatic hydroxyl groups excluding tert-OH is 1. The van der Waals surface area contributed by atoms with Crippen LogP contribution < -0.4 is 5.32 Å². The van der Waals surface area contributed by atoms with Gasteiger partial charge in [0, 0.05) is 24.2 Å². The first-order valence-corrected chi connectivity index (χ1v) is 8.18. The third kappa shape index (κ3) is 8.51. The predicted molar refractivity (Wildman–Crippen MR) is 86.7 cm³/mol. The lowest BCUT2D eigenvalue weighted by Crippen LogP contribution is -2.30. The average Bonchev–Trinajstić information content (AvgIpc) is 2.42. The van der Waals surface area contributed by atoms with E-state index < -0.39 is 6.10 Å². The van der Waals surface area contributed by atoms with Crippen LogP contribution in [0.2, 0.25) is 0 Å². The molecule has 1 atom stereocenters. The van der Waals surface area contributed by atoms with E-state index in [1.165, 1.54) is 12.1 Å². The molecule has 5 heteroatoms. The number of hydrogen-bond acceptors (Lipinski definition) is 3. The molecule has 0 bridgehead atoms. The summed E-state index contributed by atoms with van der Waals surface area (Å²) >= 11 is 3.37. The average molecular weight is 362 g/mol. The van der Waals surface area contributed by atoms with E-state index in [4.69, 9.17) is 4.74 Å². The highest BCUT2D eigenvalue weighted by molar-refractivity contribution is 9.10. The number of aliphatic hydroxyl groups is 1. The van der Waals surface area contributed by atoms with Gasteiger partial charge >= 0.3 is 0 Å². The van der Waals surface area contributed by atoms with Crippen LogP contribution in [0.5, 0.6) is 0 Å². The van der Waals surface area contributed by atoms with Gasteiger partial charge in [-0.2, -0.15) is 0 Å². The summed E-state index contributed by atoms with van der Waals surface area (Å²) in [5.41, 5.74) is 0.833. The molecule has 0 saturated carbocycles. The van der Waals surface area contributed by atoms with Crippen molar-refractivity contribution in [2.45, 2.75) is 39.3 Å². The van der Waals surface area contributed by atoms with E-state index in [1.807, 2.05) is 0 Å². The van der Waals surface area contributed by atoms with Crippen molar-refractivity contribution in [3.05, 3.63) is 34.1 Å². The second-order valence-electron chi connectivity index (χ2n) is 5.63. The first kappa shape index (κ1) is 18.6. The van der Waals surface area contributed by atoms with Crippen molar-refractivity contribution in [3.63, 3.8) is 0 Å². The van der Waals surface area contributed by atoms with E-state index in [9.17, 15) is 9.50 Å². The quantitative estimate of drug-likeness (QED) is 0.626. The fourth-order valence-corrected chi connectivity index (χ4v) is 2.31. The SMILES string of the molecule is CC(C)CCCOCC(O)CNCc1cc(F)ccc1Br. The van der Waals surface area contributed by atoms with Gasteiger partial charge in [-0.3, -0.25) is 0 Å². The standard InChI is InChI=1S/C16H25BrFNO2/c1-12(2)4-3-7-21-11-15(20)10-19-9-13-8-14(18)5-6-16(13)17/h5-6,8,12,15,19-20H,3-4,7,9-11H2,1-2H3. The molecular weight excluding hydrogens is 337 g/mol. The summed E-state index contributed by atoms with van der Waals surface area (Å²) in [6, 6.07) is 4.57. The van der Waals surface area contributed by atoms with Gasteiger partial charge in [-0.05, 0) is 42.5 Å². The molecule has 0 radical (unpaired) electrons. The Balaban J connectivity index is 2.13. The molecule has 0 fully saturated rings. The van der Waals surface area contributed by atoms with Crippen LogP contribution in [0.25, 0.3) is 0 Å². The monoisotopic (exact) mass is 361 g/mol. The molecule has 0 amide bonds. The summed E-state index contributed by atoms with van der Waals surface area (Å²) in [4.78, 5) is 0. The van der Waals surface area contributed by atoms with Gasteiger partial charge in [-0.25, -0.2) is 4.39 Å². The van der Waals surface area contributed by atoms with Crippen LogP contribution in [0.4, 0.5) is 4.39 Å². The summed E-state index contributed by atoms with van der Waals surface area (Å²) in [7, 11) is 0. The van der Waals surface area contributed by atoms with E-state index in [1.54, 1.807) is 6.07 Å². The molecule has 0 heterocycles. The van der Waals surface area contributed by atoms with Crippen molar-refractivity contribution < 1.29 is 14.2 Å². The Morgan fingerprint density at radius 2 is 2.14 bits per heavy atom. The summed E-state index contributed by atoms with van der Waals surface area (Å²) < 4.78 is 19.4. The van der Waals surface area contributed by atoms with Crippen LogP contribution in [0, 0.1) is 11.7 Å². The molecule has 3 nitrogen and oxygen atoms in total. The normalized spacial score (nSPS) is 12.9. The Kier molecular flexibility index (Phi) is 9.08. The van der Waals surface area contributed by atoms with Gasteiger partial charge in [0.2, 0.25) is 0 Å². The highest BCUT2D eigenvalue weighted by atomic mass is 79.9. The number of halogens is 2. The first-order chi connectivity index (χ1) is 9.99. The Morgan fingerprint density at radius 1 is 1.38 bits per heavy atom. The van der Waals surface area contributed by atoms with Crippen LogP contribution in [0.1, 0.15) is 32.3 Å². The van der Waals surface area contributed by atoms with Gasteiger partial charge < -0.3 is 15.2 Å². The number of rotatable bonds is 10. The van der Waals surface area contributed by atoms with Crippen molar-refractivity contribution in [3.8, 4) is 0 Å². The fourth-order valence-electron chi connectivity index (χ4n) is 1.92. The largest absolute Gasteiger partial charge is 0.389 e. The molecule has 0 aliphatic rings. The first-order valence-electron chi connectivity index (χ1n) is 7.39. The van der Waals surface area contributed by atoms with Crippen LogP contribution in [-0.2, 0) is 11.3 Å². The van der Waals surface area contributed by atoms with E-state index in [-0.39, 0.29) is 5.82 Å². The number of benzene rings is 1. The minimum absolute atomic E-state index is 0.260. The summed E-state index contributed by atoms with van der Waals surface area (Å²) in [5, 5.41) is 12.9. The molecule has 2 N–H and O–H groups in total. The zero-order valence-corrected chi connectivity index (χ0v) is 14.3. The summed E-state index contributed by atoms with van der Waals surface area (Å²) in [5.74, 6) is 0.425. The summed E-state index contributed by atoms with van der Waals surface area (Å²) in [6.45, 7) is 6.31. The highest BCUT2D eigenvalue weighted by Crippen LogP contribution is 2.17. The van der Waals surface area contributed by atoms with Gasteiger partial charge in [0.1, 0.15) is 5.82 Å². The molecule has 0 saturated heterocycles. The smallest absolute Gasteiger partial charge is 0.123 e. The van der Waals surface area contributed by atoms with E-state index in [0.717, 1.165) is 22.9 Å². The molecule has 1 rings (SSSR count). The lowest BCUT2D eigenvalue weighted by Gasteiger charge is -2.13. The van der Waals surface area contributed by atoms with Gasteiger partial charge in [0.05, 0.1) is 12.7 Å². The third-order valence-corrected chi connectivity index (χ3v) is 3.86. The molecule has 21 heavy (non-hydrogen) atoms. The Hall–Kier alpha value is -0.490. The number of nitrogens with one attached hydrogen (secondary N) is 1. The molecule has 1 unspecified atom stereocenters. The van der Waals surface area contributed by atoms with Crippen LogP contribution in [0.15, 0.2) is 22.7 Å². The number of hydrogen-bond donors (Lipinski definition) is 2. The molecule has 120 valence electrons. The van der Waals surface area contributed by atoms with E-state index >= 15 is 0 Å². The fraction of sp³-hybridized carbons (Fsp3) is 0.625. The maximum atomic E-state index is 13.1. The lowest BCUT2D eigenvalue weighted by molar-refractivity contribution is 0.0346. The zero-order valence-electron chi connectivity index (χ0n) is 12.7. The predicted octanol–water partition coefficient (Wildman–Crippen LogP) is 3.49. The van der Waals surface area contributed by atoms with Gasteiger partial charge in [-0.15, -0.1) is 0 Å². The molecule has 0 aromatic heterocycles. The summed E-state index contributed by atoms with van der Waals surface area (Å²) in [6.07, 6.45) is 1.62. The minimum atomic E-state index is -0.545. The molecule has 0 aliphatic carbocycles. The minimum Gasteiger partial charge on any atom is -0.389 e. The molecule has 0 aliphatic heterocycles. The Morgan fingerprint density at radius 3 is 2.86 bits per heavy atom. The number of ether oxygens (including phenoxy) is 1. The van der Waals surface area contributed by atoms with Crippen molar-refractivity contribution in [1.82, 2.24) is 5.32 Å². The van der Waals surface area contributed by atoms with Crippen molar-refractivity contribution >= 4 is 15.9 Å². The van der Waals surface area contributed by atoms with E-state index in [0.29, 0.717) is 32.2 Å². The lowest BCUT2D eigenvalue weighted by atomic mass is 10.1. The van der Waals surface area contributed by atoms with Gasteiger partial charge in [0.25, 0.3) is 0 Å². The van der Waals surface area contributed by atoms with Crippen molar-refractivity contribution in [1.29, 1.82) is 0 Å². The van der Waals surface area contributed by atoms with Crippen LogP contribution in [-0.4, -0.2) is 31.0 Å². The van der Waals surface area contributed by atoms with Crippen LogP contribution >= 0.6 is 15.9 Å². The van der Waals surface area contributed by atoms with Crippen molar-refractivity contribution in [2.24, 2.45) is 5.92 Å². The maximum absolute atomic E-state index is 13.1. The Labute approximate surface area is 135 Å². The highest BCUT2D eigenvalue weighted by Gasteiger charge is 2.06. The molecular formula is C16H25BrFNO2. The van der Waals surface area contributed by atoms with Crippen molar-refractivity contribution in [2.75, 3.05) is 19.8 Å². The third-order valence-electron chi connectivity index (χ3n) is 3.08. The molecule has 1 aromatic rings. The molecule has 0 spiro atoms. The zero-order chi connectivity index (χ0) is 15.7. The van der Waals surface area contributed by atoms with E-state index in [2.05, 4.69) is 35.1 Å². The van der Waals surface area contributed by atoms with Gasteiger partial charge in [-0.1, -0.05) is 29.8 Å². The van der Waals surface area contributed by atoms with Crippen LogP contribution in [0.3, 0.4) is 0 Å². The van der Waals surface area contributed by atoms with Gasteiger partial charge in [0.15, 0.2) is 0 Å². The second kappa shape index (κ2) is 10.3. The molecule has 1 aromatic carbocycles. The topological polar surface area (TPSA) is 41.5 Å². The Bertz CT molecular complexity index is 415. The maximum Gasteiger partial charge on any atom is 0.123 e. The second-order valence-corrected chi connectivity index (χ2v) is 6.49.